The number of ether oxygens (including phenoxy) is 1. The largest absolute Gasteiger partial charge is 0.496 e. The molecule has 1 aromatic carbocycles. The Hall–Kier alpha value is -2.08. The summed E-state index contributed by atoms with van der Waals surface area (Å²) >= 11 is 0. The predicted molar refractivity (Wildman–Crippen MR) is 99.0 cm³/mol. The van der Waals surface area contributed by atoms with Crippen molar-refractivity contribution in [2.24, 2.45) is 5.92 Å². The number of pyridine rings is 1. The Morgan fingerprint density at radius 3 is 2.56 bits per heavy atom. The van der Waals surface area contributed by atoms with E-state index in [1.165, 1.54) is 11.8 Å². The van der Waals surface area contributed by atoms with Crippen molar-refractivity contribution in [2.75, 3.05) is 31.4 Å². The van der Waals surface area contributed by atoms with Crippen molar-refractivity contribution in [1.29, 1.82) is 0 Å². The molecule has 0 radical (unpaired) electrons. The maximum absolute atomic E-state index is 12.0. The summed E-state index contributed by atoms with van der Waals surface area (Å²) < 4.78 is 29.4. The molecule has 1 saturated heterocycles. The van der Waals surface area contributed by atoms with Gasteiger partial charge in [-0.1, -0.05) is 18.2 Å². The molecule has 0 aliphatic carbocycles. The lowest BCUT2D eigenvalue weighted by molar-refractivity contribution is 0.380. The minimum atomic E-state index is -3.27. The van der Waals surface area contributed by atoms with Crippen molar-refractivity contribution in [3.8, 4) is 5.75 Å². The number of aromatic nitrogens is 1. The zero-order valence-electron chi connectivity index (χ0n) is 14.7. The molecule has 0 unspecified atom stereocenters. The van der Waals surface area contributed by atoms with Crippen LogP contribution in [-0.2, 0) is 16.3 Å². The molecule has 2 aromatic rings. The molecule has 1 aliphatic rings. The van der Waals surface area contributed by atoms with E-state index in [0.29, 0.717) is 16.6 Å². The van der Waals surface area contributed by atoms with Crippen LogP contribution in [0.1, 0.15) is 18.4 Å². The van der Waals surface area contributed by atoms with Crippen molar-refractivity contribution in [3.63, 3.8) is 0 Å². The molecule has 2 heterocycles. The molecule has 5 nitrogen and oxygen atoms in total. The summed E-state index contributed by atoms with van der Waals surface area (Å²) in [6.45, 7) is 1.64. The summed E-state index contributed by atoms with van der Waals surface area (Å²) in [5, 5.41) is 0. The average Bonchev–Trinajstić information content (AvgIpc) is 2.62. The zero-order chi connectivity index (χ0) is 17.9. The monoisotopic (exact) mass is 360 g/mol. The van der Waals surface area contributed by atoms with Crippen LogP contribution in [0.4, 0.5) is 5.82 Å². The number of hydrogen-bond donors (Lipinski definition) is 0. The number of anilines is 1. The summed E-state index contributed by atoms with van der Waals surface area (Å²) in [4.78, 5) is 6.74. The molecule has 0 amide bonds. The standard InChI is InChI=1S/C19H24N2O3S/c1-24-17-7-4-3-6-16(17)14-15-9-12-21(13-10-15)19-18(25(2,22)23)8-5-11-20-19/h3-8,11,15H,9-10,12-14H2,1-2H3. The molecule has 134 valence electrons. The third-order valence-corrected chi connectivity index (χ3v) is 5.88. The fraction of sp³-hybridized carbons (Fsp3) is 0.421. The van der Waals surface area contributed by atoms with Crippen LogP contribution in [0.2, 0.25) is 0 Å². The van der Waals surface area contributed by atoms with Crippen LogP contribution in [0, 0.1) is 5.92 Å². The number of sulfone groups is 1. The third kappa shape index (κ3) is 4.12. The number of piperidine rings is 1. The van der Waals surface area contributed by atoms with Gasteiger partial charge in [0.15, 0.2) is 9.84 Å². The number of nitrogens with zero attached hydrogens (tertiary/aromatic N) is 2. The maximum Gasteiger partial charge on any atom is 0.179 e. The van der Waals surface area contributed by atoms with Crippen LogP contribution in [0.15, 0.2) is 47.5 Å². The second-order valence-electron chi connectivity index (χ2n) is 6.54. The quantitative estimate of drug-likeness (QED) is 0.820. The Labute approximate surface area is 149 Å². The Bertz CT molecular complexity index is 828. The van der Waals surface area contributed by atoms with Crippen LogP contribution < -0.4 is 9.64 Å². The van der Waals surface area contributed by atoms with E-state index in [-0.39, 0.29) is 0 Å². The molecule has 3 rings (SSSR count). The maximum atomic E-state index is 12.0. The first-order valence-corrected chi connectivity index (χ1v) is 10.4. The fourth-order valence-corrected chi connectivity index (χ4v) is 4.28. The van der Waals surface area contributed by atoms with Crippen LogP contribution in [-0.4, -0.2) is 39.9 Å². The minimum Gasteiger partial charge on any atom is -0.496 e. The molecular formula is C19H24N2O3S. The highest BCUT2D eigenvalue weighted by atomic mass is 32.2. The van der Waals surface area contributed by atoms with Gasteiger partial charge < -0.3 is 9.64 Å². The normalized spacial score (nSPS) is 16.0. The molecular weight excluding hydrogens is 336 g/mol. The molecule has 1 fully saturated rings. The lowest BCUT2D eigenvalue weighted by atomic mass is 9.90. The van der Waals surface area contributed by atoms with Gasteiger partial charge in [-0.05, 0) is 48.9 Å². The van der Waals surface area contributed by atoms with E-state index in [9.17, 15) is 8.42 Å². The zero-order valence-corrected chi connectivity index (χ0v) is 15.5. The number of methoxy groups -OCH3 is 1. The predicted octanol–water partition coefficient (Wildman–Crippen LogP) is 2.95. The third-order valence-electron chi connectivity index (χ3n) is 4.77. The summed E-state index contributed by atoms with van der Waals surface area (Å²) in [6, 6.07) is 11.5. The lowest BCUT2D eigenvalue weighted by Gasteiger charge is -2.33. The van der Waals surface area contributed by atoms with E-state index in [2.05, 4.69) is 16.0 Å². The lowest BCUT2D eigenvalue weighted by Crippen LogP contribution is -2.35. The smallest absolute Gasteiger partial charge is 0.179 e. The highest BCUT2D eigenvalue weighted by Crippen LogP contribution is 2.30. The number of rotatable bonds is 5. The Morgan fingerprint density at radius 2 is 1.88 bits per heavy atom. The first-order chi connectivity index (χ1) is 12.0. The molecule has 1 aromatic heterocycles. The van der Waals surface area contributed by atoms with Gasteiger partial charge in [-0.3, -0.25) is 0 Å². The van der Waals surface area contributed by atoms with Crippen molar-refractivity contribution < 1.29 is 13.2 Å². The van der Waals surface area contributed by atoms with Crippen molar-refractivity contribution >= 4 is 15.7 Å². The van der Waals surface area contributed by atoms with Gasteiger partial charge in [0.05, 0.1) is 7.11 Å². The highest BCUT2D eigenvalue weighted by Gasteiger charge is 2.25. The molecule has 0 saturated carbocycles. The molecule has 1 aliphatic heterocycles. The van der Waals surface area contributed by atoms with Gasteiger partial charge in [-0.25, -0.2) is 13.4 Å². The number of para-hydroxylation sites is 1. The van der Waals surface area contributed by atoms with Crippen LogP contribution in [0.25, 0.3) is 0 Å². The topological polar surface area (TPSA) is 59.5 Å². The first-order valence-electron chi connectivity index (χ1n) is 8.51. The second-order valence-corrected chi connectivity index (χ2v) is 8.53. The van der Waals surface area contributed by atoms with E-state index in [1.54, 1.807) is 25.4 Å². The summed E-state index contributed by atoms with van der Waals surface area (Å²) in [7, 11) is -1.57. The molecule has 6 heteroatoms. The molecule has 0 bridgehead atoms. The van der Waals surface area contributed by atoms with Crippen molar-refractivity contribution in [3.05, 3.63) is 48.2 Å². The van der Waals surface area contributed by atoms with Gasteiger partial charge in [0.25, 0.3) is 0 Å². The van der Waals surface area contributed by atoms with Gasteiger partial charge in [0.1, 0.15) is 16.5 Å². The van der Waals surface area contributed by atoms with Gasteiger partial charge >= 0.3 is 0 Å². The van der Waals surface area contributed by atoms with Crippen LogP contribution >= 0.6 is 0 Å². The SMILES string of the molecule is COc1ccccc1CC1CCN(c2ncccc2S(C)(=O)=O)CC1. The number of benzene rings is 1. The van der Waals surface area contributed by atoms with Gasteiger partial charge in [0.2, 0.25) is 0 Å². The summed E-state index contributed by atoms with van der Waals surface area (Å²) in [5.74, 6) is 2.09. The molecule has 0 atom stereocenters. The molecule has 25 heavy (non-hydrogen) atoms. The molecule has 0 N–H and O–H groups in total. The van der Waals surface area contributed by atoms with E-state index in [4.69, 9.17) is 4.74 Å². The van der Waals surface area contributed by atoms with Crippen LogP contribution in [0.3, 0.4) is 0 Å². The minimum absolute atomic E-state index is 0.318. The van der Waals surface area contributed by atoms with Crippen LogP contribution in [0.5, 0.6) is 5.75 Å². The van der Waals surface area contributed by atoms with Crippen molar-refractivity contribution in [1.82, 2.24) is 4.98 Å². The Balaban J connectivity index is 1.69. The van der Waals surface area contributed by atoms with Gasteiger partial charge in [-0.2, -0.15) is 0 Å². The van der Waals surface area contributed by atoms with Gasteiger partial charge in [0, 0.05) is 25.5 Å². The van der Waals surface area contributed by atoms with Crippen molar-refractivity contribution in [2.45, 2.75) is 24.2 Å². The first kappa shape index (κ1) is 17.7. The van der Waals surface area contributed by atoms with E-state index >= 15 is 0 Å². The number of hydrogen-bond acceptors (Lipinski definition) is 5. The second kappa shape index (κ2) is 7.44. The van der Waals surface area contributed by atoms with E-state index in [1.807, 2.05) is 18.2 Å². The fourth-order valence-electron chi connectivity index (χ4n) is 3.44. The van der Waals surface area contributed by atoms with E-state index in [0.717, 1.165) is 38.1 Å². The average molecular weight is 360 g/mol. The summed E-state index contributed by atoms with van der Waals surface area (Å²) in [6.07, 6.45) is 5.90. The highest BCUT2D eigenvalue weighted by molar-refractivity contribution is 7.90. The Kier molecular flexibility index (Phi) is 5.27. The Morgan fingerprint density at radius 1 is 1.16 bits per heavy atom. The van der Waals surface area contributed by atoms with E-state index < -0.39 is 9.84 Å². The summed E-state index contributed by atoms with van der Waals surface area (Å²) in [5.41, 5.74) is 1.23. The van der Waals surface area contributed by atoms with Gasteiger partial charge in [-0.15, -0.1) is 0 Å². The molecule has 0 spiro atoms.